The molecule has 14 aromatic carbocycles. The third kappa shape index (κ3) is 31.3. The molecular formula is C88H79ClO21P4. The lowest BCUT2D eigenvalue weighted by Crippen LogP contribution is -2.07. The summed E-state index contributed by atoms with van der Waals surface area (Å²) in [6, 6.07) is 111. The fourth-order valence-corrected chi connectivity index (χ4v) is 14.1. The van der Waals surface area contributed by atoms with Gasteiger partial charge >= 0.3 is 30.4 Å². The van der Waals surface area contributed by atoms with E-state index in [1.807, 2.05) is 111 Å². The largest absolute Gasteiger partial charge is 0.647 e. The lowest BCUT2D eigenvalue weighted by Gasteiger charge is -2.19. The van der Waals surface area contributed by atoms with Crippen molar-refractivity contribution in [1.29, 1.82) is 0 Å². The molecule has 26 heteroatoms. The predicted octanol–water partition coefficient (Wildman–Crippen LogP) is 25.2. The van der Waals surface area contributed by atoms with Crippen LogP contribution in [0.15, 0.2) is 394 Å². The van der Waals surface area contributed by atoms with Crippen LogP contribution in [0.3, 0.4) is 0 Å². The van der Waals surface area contributed by atoms with Gasteiger partial charge in [-0.15, -0.1) is 0 Å². The zero-order valence-electron chi connectivity index (χ0n) is 61.3. The SMILES string of the molecule is CC.O=P(Cl)(Oc1ccccc1)Oc1ccccc1.O=P(Oc1ccccc1)(Oc1ccc(O)cc1)Oc1ccc(O)cc1.O=P(Oc1ccccc1)(Oc1ccccc1)Oc1ccc(O)cc1.O=P(Oc1ccccc1)(Oc1ccccc1)Oc1ccc(OCc2ccccc2)cc1.Oc1ccc(OCc2ccccc2)cc1. The van der Waals surface area contributed by atoms with E-state index >= 15 is 0 Å². The lowest BCUT2D eigenvalue weighted by atomic mass is 10.2. The van der Waals surface area contributed by atoms with Gasteiger partial charge in [-0.1, -0.05) is 202 Å². The molecular weight excluding hydrogens is 1550 g/mol. The molecule has 0 atom stereocenters. The summed E-state index contributed by atoms with van der Waals surface area (Å²) in [5.74, 6) is 5.43. The number of hydrogen-bond donors (Lipinski definition) is 4. The second-order valence-corrected chi connectivity index (χ2v) is 29.8. The van der Waals surface area contributed by atoms with E-state index in [0.29, 0.717) is 65.0 Å². The molecule has 114 heavy (non-hydrogen) atoms. The van der Waals surface area contributed by atoms with E-state index in [2.05, 4.69) is 0 Å². The summed E-state index contributed by atoms with van der Waals surface area (Å²) in [6.45, 7) is 1.34. The minimum absolute atomic E-state index is 0.0469. The first-order chi connectivity index (χ1) is 55.3. The van der Waals surface area contributed by atoms with Crippen LogP contribution >= 0.6 is 41.7 Å². The highest BCUT2D eigenvalue weighted by Crippen LogP contribution is 2.55. The maximum Gasteiger partial charge on any atom is 0.647 e. The first-order valence-electron chi connectivity index (χ1n) is 35.0. The van der Waals surface area contributed by atoms with Gasteiger partial charge in [-0.2, -0.15) is 13.7 Å². The summed E-state index contributed by atoms with van der Waals surface area (Å²) >= 11 is 5.72. The van der Waals surface area contributed by atoms with Gasteiger partial charge in [-0.3, -0.25) is 0 Å². The number of rotatable bonds is 28. The number of para-hydroxylation sites is 7. The molecule has 0 saturated carbocycles. The Morgan fingerprint density at radius 2 is 0.342 bits per heavy atom. The molecule has 0 aromatic heterocycles. The van der Waals surface area contributed by atoms with Gasteiger partial charge in [-0.25, -0.2) is 4.57 Å². The Morgan fingerprint density at radius 1 is 0.202 bits per heavy atom. The first-order valence-corrected chi connectivity index (χ1v) is 41.9. The Labute approximate surface area is 666 Å². The molecule has 0 aliphatic rings. The highest BCUT2D eigenvalue weighted by molar-refractivity contribution is 7.82. The van der Waals surface area contributed by atoms with Crippen molar-refractivity contribution in [3.63, 3.8) is 0 Å². The molecule has 0 amide bonds. The summed E-state index contributed by atoms with van der Waals surface area (Å²) in [4.78, 5) is 0. The molecule has 0 saturated heterocycles. The fourth-order valence-electron chi connectivity index (χ4n) is 9.11. The molecule has 21 nitrogen and oxygen atoms in total. The van der Waals surface area contributed by atoms with Crippen molar-refractivity contribution in [2.24, 2.45) is 0 Å². The van der Waals surface area contributed by atoms with Gasteiger partial charge in [0.15, 0.2) is 0 Å². The van der Waals surface area contributed by atoms with Crippen LogP contribution < -0.4 is 59.2 Å². The number of benzene rings is 14. The Balaban J connectivity index is 0.000000166. The van der Waals surface area contributed by atoms with Crippen LogP contribution in [0, 0.1) is 0 Å². The second kappa shape index (κ2) is 44.7. The first kappa shape index (κ1) is 84.9. The molecule has 0 unspecified atom stereocenters. The molecule has 0 spiro atoms. The normalized spacial score (nSPS) is 10.6. The monoisotopic (exact) mass is 1630 g/mol. The Hall–Kier alpha value is -13.1. The average molecular weight is 1630 g/mol. The van der Waals surface area contributed by atoms with Gasteiger partial charge in [0.25, 0.3) is 0 Å². The van der Waals surface area contributed by atoms with Crippen molar-refractivity contribution in [2.75, 3.05) is 0 Å². The van der Waals surface area contributed by atoms with E-state index in [4.69, 9.17) is 75.6 Å². The third-order valence-corrected chi connectivity index (χ3v) is 19.4. The zero-order valence-corrected chi connectivity index (χ0v) is 65.7. The Morgan fingerprint density at radius 3 is 0.535 bits per heavy atom. The fraction of sp³-hybridized carbons (Fsp3) is 0.0455. The summed E-state index contributed by atoms with van der Waals surface area (Å²) < 4.78 is 123. The molecule has 0 bridgehead atoms. The molecule has 14 rings (SSSR count). The number of aromatic hydroxyl groups is 4. The van der Waals surface area contributed by atoms with Crippen molar-refractivity contribution in [2.45, 2.75) is 27.1 Å². The number of hydrogen-bond acceptors (Lipinski definition) is 21. The maximum absolute atomic E-state index is 13.4. The van der Waals surface area contributed by atoms with Crippen molar-refractivity contribution >= 4 is 41.7 Å². The minimum atomic E-state index is -4.08. The highest BCUT2D eigenvalue weighted by Gasteiger charge is 2.36. The van der Waals surface area contributed by atoms with Crippen LogP contribution in [-0.2, 0) is 31.5 Å². The Kier molecular flexibility index (Phi) is 33.3. The Bertz CT molecular complexity index is 5040. The number of phosphoric ester groups is 3. The molecule has 0 fully saturated rings. The van der Waals surface area contributed by atoms with Gasteiger partial charge in [0.05, 0.1) is 0 Å². The smallest absolute Gasteiger partial charge is 0.508 e. The van der Waals surface area contributed by atoms with E-state index in [0.717, 1.165) is 16.9 Å². The van der Waals surface area contributed by atoms with Gasteiger partial charge in [0.1, 0.15) is 111 Å². The molecule has 0 radical (unpaired) electrons. The lowest BCUT2D eigenvalue weighted by molar-refractivity contribution is 0.295. The van der Waals surface area contributed by atoms with E-state index < -0.39 is 30.4 Å². The number of phosphoric acid groups is 3. The van der Waals surface area contributed by atoms with Crippen LogP contribution in [0.4, 0.5) is 0 Å². The van der Waals surface area contributed by atoms with Crippen molar-refractivity contribution in [3.05, 3.63) is 405 Å². The summed E-state index contributed by atoms with van der Waals surface area (Å²) in [6.07, 6.45) is 0. The zero-order chi connectivity index (χ0) is 80.5. The summed E-state index contributed by atoms with van der Waals surface area (Å²) in [7, 11) is -12.1. The second-order valence-electron chi connectivity index (χ2n) is 23.0. The van der Waals surface area contributed by atoms with E-state index in [9.17, 15) is 33.6 Å². The van der Waals surface area contributed by atoms with Gasteiger partial charge in [0, 0.05) is 11.2 Å². The highest BCUT2D eigenvalue weighted by atomic mass is 35.7. The van der Waals surface area contributed by atoms with Gasteiger partial charge in [0.2, 0.25) is 0 Å². The van der Waals surface area contributed by atoms with Crippen molar-refractivity contribution < 1.29 is 97.9 Å². The predicted molar refractivity (Wildman–Crippen MR) is 440 cm³/mol. The summed E-state index contributed by atoms with van der Waals surface area (Å²) in [5.41, 5.74) is 2.20. The van der Waals surface area contributed by atoms with Gasteiger partial charge < -0.3 is 79.7 Å². The van der Waals surface area contributed by atoms with Crippen molar-refractivity contribution in [1.82, 2.24) is 0 Å². The van der Waals surface area contributed by atoms with Gasteiger partial charge in [-0.05, 0) is 217 Å². The van der Waals surface area contributed by atoms with E-state index in [1.165, 1.54) is 72.8 Å². The quantitative estimate of drug-likeness (QED) is 0.0332. The van der Waals surface area contributed by atoms with E-state index in [-0.39, 0.29) is 40.2 Å². The molecule has 0 heterocycles. The summed E-state index contributed by atoms with van der Waals surface area (Å²) in [5, 5.41) is 37.1. The molecule has 584 valence electrons. The topological polar surface area (TPSA) is 269 Å². The molecule has 0 aliphatic heterocycles. The minimum Gasteiger partial charge on any atom is -0.508 e. The third-order valence-electron chi connectivity index (χ3n) is 14.3. The number of phenolic OH excluding ortho intramolecular Hbond substituents is 4. The molecule has 0 aliphatic carbocycles. The standard InChI is InChI=1S/C25H21O5P.C18H15O6P.C18H15O5P.C13H12O2.C12H10ClO3P.C2H6/c26-31(28-23-12-6-2-7-13-23,29-24-14-8-3-9-15-24)30-25-18-16-22(17-19-25)27-20-21-10-4-1-5-11-21;19-14-6-10-17(11-7-14)23-25(21,22-16-4-2-1-3-5-16)24-18-12-8-15(20)9-13-18;19-15-11-13-18(14-12-15)23-24(20,21-16-7-3-1-4-8-16)22-17-9-5-2-6-10-17;14-12-6-8-13(9-7-12)15-10-11-4-2-1-3-5-11;13-17(14,15-11-7-3-1-4-8-11)16-12-9-5-2-6-10-12;1-2/h1-19H,20H2;1-13,19-20H;1-14,19H;1-9,14H,10H2;1-10H;1-2H3. The van der Waals surface area contributed by atoms with Crippen molar-refractivity contribution in [3.8, 4) is 97.7 Å². The van der Waals surface area contributed by atoms with Crippen LogP contribution in [0.25, 0.3) is 0 Å². The average Bonchev–Trinajstić information content (AvgIpc) is 0.837. The molecule has 14 aromatic rings. The number of phenols is 4. The van der Waals surface area contributed by atoms with Crippen LogP contribution in [0.5, 0.6) is 97.7 Å². The maximum atomic E-state index is 13.4. The van der Waals surface area contributed by atoms with Crippen LogP contribution in [0.2, 0.25) is 0 Å². The number of halogens is 1. The number of ether oxygens (including phenoxy) is 2. The molecule has 4 N–H and O–H groups in total. The van der Waals surface area contributed by atoms with Crippen LogP contribution in [0.1, 0.15) is 25.0 Å². The van der Waals surface area contributed by atoms with E-state index in [1.54, 1.807) is 224 Å². The van der Waals surface area contributed by atoms with Crippen LogP contribution in [-0.4, -0.2) is 20.4 Å².